The molecule has 0 spiro atoms. The number of unbranched alkanes of at least 4 members (excludes halogenated alkanes) is 2. The lowest BCUT2D eigenvalue weighted by Crippen LogP contribution is -2.34. The van der Waals surface area contributed by atoms with E-state index in [-0.39, 0.29) is 47.8 Å². The zero-order valence-corrected chi connectivity index (χ0v) is 24.3. The number of nitrogens with zero attached hydrogens (tertiary/aromatic N) is 1. The van der Waals surface area contributed by atoms with Crippen LogP contribution in [0.15, 0.2) is 28.9 Å². The number of aromatic hydroxyl groups is 1. The molecule has 0 radical (unpaired) electrons. The fraction of sp³-hybridized carbons (Fsp3) is 0.552. The van der Waals surface area contributed by atoms with Crippen molar-refractivity contribution in [1.29, 1.82) is 0 Å². The van der Waals surface area contributed by atoms with Crippen molar-refractivity contribution >= 4 is 46.5 Å². The number of allylic oxidation sites excluding steroid dienone is 2. The molecule has 2 N–H and O–H groups in total. The van der Waals surface area contributed by atoms with Crippen LogP contribution in [0.25, 0.3) is 6.08 Å². The minimum Gasteiger partial charge on any atom is -0.504 e. The van der Waals surface area contributed by atoms with Crippen molar-refractivity contribution in [3.8, 4) is 11.5 Å². The molecule has 2 fully saturated rings. The highest BCUT2D eigenvalue weighted by Crippen LogP contribution is 2.49. The third-order valence-electron chi connectivity index (χ3n) is 8.00. The number of methoxy groups -OCH3 is 1. The highest BCUT2D eigenvalue weighted by atomic mass is 127. The number of rotatable bonds is 11. The summed E-state index contributed by atoms with van der Waals surface area (Å²) in [6, 6.07) is 3.73. The van der Waals surface area contributed by atoms with E-state index in [9.17, 15) is 19.5 Å². The maximum atomic E-state index is 13.3. The zero-order valence-electron chi connectivity index (χ0n) is 22.2. The van der Waals surface area contributed by atoms with Crippen LogP contribution in [0.3, 0.4) is 0 Å². The van der Waals surface area contributed by atoms with Gasteiger partial charge in [-0.1, -0.05) is 23.6 Å². The summed E-state index contributed by atoms with van der Waals surface area (Å²) in [4.78, 5) is 38.6. The monoisotopic (exact) mass is 637 g/mol. The Morgan fingerprint density at radius 1 is 1.18 bits per heavy atom. The Balaban J connectivity index is 1.39. The zero-order chi connectivity index (χ0) is 27.6. The Labute approximate surface area is 237 Å². The number of carboxylic acid groups (broad SMARTS) is 1. The van der Waals surface area contributed by atoms with E-state index in [1.54, 1.807) is 0 Å². The minimum atomic E-state index is -0.824. The lowest BCUT2D eigenvalue weighted by Gasteiger charge is -2.30. The number of carbonyl (C=O) groups is 3. The lowest BCUT2D eigenvalue weighted by molar-refractivity contribution is -0.141. The maximum Gasteiger partial charge on any atom is 0.303 e. The van der Waals surface area contributed by atoms with E-state index >= 15 is 0 Å². The molecule has 1 aromatic rings. The number of hydrogen-bond donors (Lipinski definition) is 2. The van der Waals surface area contributed by atoms with Crippen molar-refractivity contribution in [2.24, 2.45) is 17.8 Å². The van der Waals surface area contributed by atoms with Gasteiger partial charge in [0, 0.05) is 18.9 Å². The van der Waals surface area contributed by atoms with Crippen LogP contribution in [-0.2, 0) is 19.1 Å². The number of benzene rings is 1. The van der Waals surface area contributed by atoms with Crippen molar-refractivity contribution in [3.63, 3.8) is 0 Å². The average molecular weight is 638 g/mol. The summed E-state index contributed by atoms with van der Waals surface area (Å²) in [6.07, 6.45) is 6.20. The van der Waals surface area contributed by atoms with Crippen LogP contribution in [0.5, 0.6) is 11.5 Å². The summed E-state index contributed by atoms with van der Waals surface area (Å²) < 4.78 is 12.2. The second-order valence-electron chi connectivity index (χ2n) is 10.6. The summed E-state index contributed by atoms with van der Waals surface area (Å²) in [6.45, 7) is 4.96. The second kappa shape index (κ2) is 12.2. The fourth-order valence-electron chi connectivity index (χ4n) is 6.19. The Kier molecular flexibility index (Phi) is 9.18. The van der Waals surface area contributed by atoms with Crippen molar-refractivity contribution in [1.82, 2.24) is 4.90 Å². The molecule has 4 atom stereocenters. The standard InChI is InChI=1S/C29H36INO7/c1-16(11-18-13-21(30)27(34)23(14-18)37-3)8-9-22-25-17(2)12-19-26(20(25)15-38-22)29(36)31(28(19)35)10-6-4-5-7-24(32)33/h11,13-14,19-20,22,26,34H,4-10,12,15H2,1-3H3,(H,32,33)/b16-11+/t19-,20+,22-,26-/m1/s1. The second-order valence-corrected chi connectivity index (χ2v) is 11.8. The van der Waals surface area contributed by atoms with E-state index in [0.29, 0.717) is 44.6 Å². The van der Waals surface area contributed by atoms with Gasteiger partial charge in [-0.3, -0.25) is 19.3 Å². The van der Waals surface area contributed by atoms with Gasteiger partial charge in [0.1, 0.15) is 0 Å². The van der Waals surface area contributed by atoms with E-state index in [4.69, 9.17) is 14.6 Å². The molecule has 1 aliphatic carbocycles. The van der Waals surface area contributed by atoms with Crippen molar-refractivity contribution in [2.75, 3.05) is 20.3 Å². The first-order valence-corrected chi connectivity index (χ1v) is 14.3. The molecule has 206 valence electrons. The van der Waals surface area contributed by atoms with Crippen LogP contribution < -0.4 is 4.74 Å². The van der Waals surface area contributed by atoms with Gasteiger partial charge in [-0.2, -0.15) is 0 Å². The van der Waals surface area contributed by atoms with E-state index in [2.05, 4.69) is 42.5 Å². The van der Waals surface area contributed by atoms with Crippen molar-refractivity contribution in [3.05, 3.63) is 38.0 Å². The Morgan fingerprint density at radius 2 is 1.95 bits per heavy atom. The largest absolute Gasteiger partial charge is 0.504 e. The first-order chi connectivity index (χ1) is 18.1. The van der Waals surface area contributed by atoms with Crippen LogP contribution in [0.1, 0.15) is 64.4 Å². The number of phenols is 1. The molecule has 0 saturated carbocycles. The predicted molar refractivity (Wildman–Crippen MR) is 151 cm³/mol. The number of imide groups is 1. The highest BCUT2D eigenvalue weighted by molar-refractivity contribution is 14.1. The third-order valence-corrected chi connectivity index (χ3v) is 8.82. The molecule has 9 heteroatoms. The van der Waals surface area contributed by atoms with Crippen LogP contribution in [0.2, 0.25) is 0 Å². The molecule has 2 heterocycles. The summed E-state index contributed by atoms with van der Waals surface area (Å²) >= 11 is 2.09. The minimum absolute atomic E-state index is 0.0561. The molecule has 2 saturated heterocycles. The number of amides is 2. The predicted octanol–water partition coefficient (Wildman–Crippen LogP) is 5.17. The van der Waals surface area contributed by atoms with Gasteiger partial charge < -0.3 is 19.7 Å². The fourth-order valence-corrected chi connectivity index (χ4v) is 6.81. The van der Waals surface area contributed by atoms with Gasteiger partial charge in [0.05, 0.1) is 35.2 Å². The van der Waals surface area contributed by atoms with Gasteiger partial charge in [-0.05, 0) is 91.8 Å². The Morgan fingerprint density at radius 3 is 2.66 bits per heavy atom. The molecule has 3 aliphatic rings. The number of ether oxygens (including phenoxy) is 2. The summed E-state index contributed by atoms with van der Waals surface area (Å²) in [7, 11) is 1.54. The third kappa shape index (κ3) is 5.93. The van der Waals surface area contributed by atoms with E-state index in [1.165, 1.54) is 28.7 Å². The highest BCUT2D eigenvalue weighted by Gasteiger charge is 2.56. The number of halogens is 1. The molecule has 38 heavy (non-hydrogen) atoms. The van der Waals surface area contributed by atoms with Gasteiger partial charge in [0.2, 0.25) is 11.8 Å². The summed E-state index contributed by atoms with van der Waals surface area (Å²) in [5.74, 6) is -1.14. The van der Waals surface area contributed by atoms with Gasteiger partial charge in [-0.15, -0.1) is 0 Å². The number of fused-ring (bicyclic) bond motifs is 3. The topological polar surface area (TPSA) is 113 Å². The van der Waals surface area contributed by atoms with Crippen molar-refractivity contribution in [2.45, 2.75) is 64.9 Å². The Hall–Kier alpha value is -2.40. The lowest BCUT2D eigenvalue weighted by atomic mass is 9.70. The normalized spacial score (nSPS) is 25.2. The smallest absolute Gasteiger partial charge is 0.303 e. The maximum absolute atomic E-state index is 13.3. The number of phenolic OH excluding ortho intramolecular Hbond substituents is 1. The number of hydrogen-bond acceptors (Lipinski definition) is 6. The quantitative estimate of drug-likeness (QED) is 0.149. The SMILES string of the molecule is COc1cc(/C=C(\C)CC[C@H]2OC[C@H]3C2=C(C)C[C@H]2C(=O)N(CCCCCC(=O)O)C(=O)[C@H]23)cc(I)c1O. The molecule has 2 amide bonds. The van der Waals surface area contributed by atoms with Gasteiger partial charge >= 0.3 is 5.97 Å². The van der Waals surface area contributed by atoms with E-state index in [1.807, 2.05) is 12.1 Å². The first kappa shape index (κ1) is 28.6. The number of carboxylic acids is 1. The number of aliphatic carboxylic acids is 1. The Bertz CT molecular complexity index is 1170. The number of carbonyl (C=O) groups excluding carboxylic acids is 2. The number of likely N-dealkylation sites (tertiary alicyclic amines) is 1. The summed E-state index contributed by atoms with van der Waals surface area (Å²) in [5.41, 5.74) is 4.50. The molecule has 8 nitrogen and oxygen atoms in total. The van der Waals surface area contributed by atoms with Gasteiger partial charge in [0.25, 0.3) is 0 Å². The average Bonchev–Trinajstić information content (AvgIpc) is 3.39. The van der Waals surface area contributed by atoms with Crippen LogP contribution in [0.4, 0.5) is 0 Å². The van der Waals surface area contributed by atoms with E-state index in [0.717, 1.165) is 22.0 Å². The molecule has 0 bridgehead atoms. The van der Waals surface area contributed by atoms with Crippen LogP contribution in [-0.4, -0.2) is 59.3 Å². The molecule has 0 unspecified atom stereocenters. The molecule has 4 rings (SSSR count). The molecular formula is C29H36INO7. The van der Waals surface area contributed by atoms with E-state index < -0.39 is 5.97 Å². The van der Waals surface area contributed by atoms with Gasteiger partial charge in [-0.25, -0.2) is 0 Å². The molecule has 1 aromatic carbocycles. The molecule has 0 aromatic heterocycles. The van der Waals surface area contributed by atoms with Crippen molar-refractivity contribution < 1.29 is 34.1 Å². The van der Waals surface area contributed by atoms with Crippen LogP contribution in [0, 0.1) is 21.3 Å². The summed E-state index contributed by atoms with van der Waals surface area (Å²) in [5, 5.41) is 18.9. The van der Waals surface area contributed by atoms with Crippen LogP contribution >= 0.6 is 22.6 Å². The molecular weight excluding hydrogens is 601 g/mol. The van der Waals surface area contributed by atoms with Gasteiger partial charge in [0.15, 0.2) is 11.5 Å². The molecule has 2 aliphatic heterocycles. The first-order valence-electron chi connectivity index (χ1n) is 13.2.